The number of methoxy groups -OCH3 is 2. The fourth-order valence-electron chi connectivity index (χ4n) is 4.88. The molecule has 1 aliphatic carbocycles. The molecule has 1 saturated carbocycles. The SMILES string of the molecule is COc1ccccc1CNC(=O)C1(C)COc2c(oc3ccccc23)C(=O)N1CC1(OC)CCC1.[HH]. The fraction of sp³-hybridized carbons (Fsp3) is 0.407. The quantitative estimate of drug-likeness (QED) is 0.546. The van der Waals surface area contributed by atoms with E-state index in [0.29, 0.717) is 22.5 Å². The number of furan rings is 1. The molecule has 1 fully saturated rings. The van der Waals surface area contributed by atoms with Crippen molar-refractivity contribution >= 4 is 22.8 Å². The normalized spacial score (nSPS) is 21.0. The van der Waals surface area contributed by atoms with Gasteiger partial charge < -0.3 is 28.8 Å². The van der Waals surface area contributed by atoms with E-state index in [1.807, 2.05) is 42.5 Å². The Balaban J connectivity index is 0.00000304. The van der Waals surface area contributed by atoms with Crippen molar-refractivity contribution in [1.29, 1.82) is 0 Å². The van der Waals surface area contributed by atoms with E-state index in [4.69, 9.17) is 18.6 Å². The lowest BCUT2D eigenvalue weighted by Gasteiger charge is -2.47. The van der Waals surface area contributed by atoms with Crippen LogP contribution in [0.2, 0.25) is 0 Å². The Bertz CT molecular complexity index is 1260. The molecule has 8 heteroatoms. The van der Waals surface area contributed by atoms with Crippen molar-refractivity contribution in [3.8, 4) is 11.5 Å². The summed E-state index contributed by atoms with van der Waals surface area (Å²) in [4.78, 5) is 29.2. The average Bonchev–Trinajstić information content (AvgIpc) is 3.19. The minimum absolute atomic E-state index is 0. The zero-order valence-electron chi connectivity index (χ0n) is 20.3. The van der Waals surface area contributed by atoms with E-state index in [9.17, 15) is 9.59 Å². The highest BCUT2D eigenvalue weighted by Crippen LogP contribution is 2.42. The smallest absolute Gasteiger partial charge is 0.294 e. The van der Waals surface area contributed by atoms with Crippen LogP contribution in [0.5, 0.6) is 11.5 Å². The predicted octanol–water partition coefficient (Wildman–Crippen LogP) is 4.17. The number of nitrogens with one attached hydrogen (secondary N) is 1. The summed E-state index contributed by atoms with van der Waals surface area (Å²) in [6, 6.07) is 14.9. The van der Waals surface area contributed by atoms with E-state index in [-0.39, 0.29) is 38.7 Å². The number of ether oxygens (including phenoxy) is 3. The van der Waals surface area contributed by atoms with E-state index >= 15 is 0 Å². The van der Waals surface area contributed by atoms with E-state index in [1.165, 1.54) is 0 Å². The first-order chi connectivity index (χ1) is 16.9. The van der Waals surface area contributed by atoms with Gasteiger partial charge in [-0.3, -0.25) is 9.59 Å². The molecular weight excluding hydrogens is 448 g/mol. The summed E-state index contributed by atoms with van der Waals surface area (Å²) in [5.74, 6) is 0.458. The largest absolute Gasteiger partial charge is 0.496 e. The molecule has 2 aliphatic rings. The molecule has 8 nitrogen and oxygen atoms in total. The van der Waals surface area contributed by atoms with Crippen LogP contribution in [0.25, 0.3) is 11.0 Å². The van der Waals surface area contributed by atoms with Crippen molar-refractivity contribution in [2.75, 3.05) is 27.4 Å². The van der Waals surface area contributed by atoms with Crippen molar-refractivity contribution in [2.45, 2.75) is 43.9 Å². The molecule has 3 aromatic rings. The van der Waals surface area contributed by atoms with Gasteiger partial charge in [0, 0.05) is 20.6 Å². The molecule has 1 atom stereocenters. The second kappa shape index (κ2) is 8.92. The Morgan fingerprint density at radius 1 is 1.14 bits per heavy atom. The number of carbonyl (C=O) groups excluding carboxylic acids is 2. The molecule has 1 N–H and O–H groups in total. The topological polar surface area (TPSA) is 90.2 Å². The molecule has 0 bridgehead atoms. The number of fused-ring (bicyclic) bond motifs is 3. The number of hydrogen-bond acceptors (Lipinski definition) is 6. The molecule has 1 aliphatic heterocycles. The molecule has 1 unspecified atom stereocenters. The lowest BCUT2D eigenvalue weighted by atomic mass is 9.78. The maximum absolute atomic E-state index is 13.9. The summed E-state index contributed by atoms with van der Waals surface area (Å²) >= 11 is 0. The van der Waals surface area contributed by atoms with Crippen LogP contribution in [0.4, 0.5) is 0 Å². The third-order valence-electron chi connectivity index (χ3n) is 7.35. The fourth-order valence-corrected chi connectivity index (χ4v) is 4.88. The van der Waals surface area contributed by atoms with E-state index in [1.54, 1.807) is 32.1 Å². The first-order valence-electron chi connectivity index (χ1n) is 11.8. The van der Waals surface area contributed by atoms with E-state index in [2.05, 4.69) is 5.32 Å². The summed E-state index contributed by atoms with van der Waals surface area (Å²) in [5.41, 5.74) is -0.371. The molecule has 2 aromatic carbocycles. The van der Waals surface area contributed by atoms with Gasteiger partial charge in [-0.05, 0) is 44.4 Å². The third-order valence-corrected chi connectivity index (χ3v) is 7.35. The van der Waals surface area contributed by atoms with Crippen LogP contribution in [0, 0.1) is 0 Å². The lowest BCUT2D eigenvalue weighted by Crippen LogP contribution is -2.65. The highest BCUT2D eigenvalue weighted by Gasteiger charge is 2.52. The summed E-state index contributed by atoms with van der Waals surface area (Å²) < 4.78 is 23.3. The first-order valence-corrected chi connectivity index (χ1v) is 11.8. The average molecular weight is 481 g/mol. The number of carbonyl (C=O) groups is 2. The molecule has 0 saturated heterocycles. The summed E-state index contributed by atoms with van der Waals surface area (Å²) in [7, 11) is 3.25. The van der Waals surface area contributed by atoms with Gasteiger partial charge in [0.1, 0.15) is 17.9 Å². The standard InChI is InChI=1S/C27H30N2O6.H2/c1-26(25(31)28-15-18-9-4-6-11-20(18)32-2)17-34-22-19-10-5-7-12-21(19)35-23(22)24(30)29(26)16-27(33-3)13-8-14-27;/h4-7,9-12H,8,13-17H2,1-3H3,(H,28,31);1H. The van der Waals surface area contributed by atoms with Gasteiger partial charge in [0.05, 0.1) is 24.6 Å². The number of para-hydroxylation sites is 2. The molecule has 2 heterocycles. The predicted molar refractivity (Wildman–Crippen MR) is 132 cm³/mol. The Hall–Kier alpha value is -3.52. The second-order valence-electron chi connectivity index (χ2n) is 9.45. The molecule has 0 spiro atoms. The van der Waals surface area contributed by atoms with Gasteiger partial charge in [-0.15, -0.1) is 0 Å². The van der Waals surface area contributed by atoms with E-state index < -0.39 is 11.1 Å². The summed E-state index contributed by atoms with van der Waals surface area (Å²) in [6.07, 6.45) is 2.65. The van der Waals surface area contributed by atoms with Gasteiger partial charge in [0.15, 0.2) is 11.3 Å². The van der Waals surface area contributed by atoms with Crippen LogP contribution in [-0.2, 0) is 16.1 Å². The number of nitrogens with zero attached hydrogens (tertiary/aromatic N) is 1. The number of amides is 2. The van der Waals surface area contributed by atoms with Crippen LogP contribution in [-0.4, -0.2) is 55.2 Å². The van der Waals surface area contributed by atoms with Crippen LogP contribution >= 0.6 is 0 Å². The van der Waals surface area contributed by atoms with Gasteiger partial charge >= 0.3 is 0 Å². The highest BCUT2D eigenvalue weighted by atomic mass is 16.5. The Morgan fingerprint density at radius 3 is 2.60 bits per heavy atom. The van der Waals surface area contributed by atoms with Crippen molar-refractivity contribution < 1.29 is 29.6 Å². The molecule has 5 rings (SSSR count). The molecule has 0 radical (unpaired) electrons. The monoisotopic (exact) mass is 480 g/mol. The number of hydrogen-bond donors (Lipinski definition) is 1. The highest BCUT2D eigenvalue weighted by molar-refractivity contribution is 6.04. The van der Waals surface area contributed by atoms with Gasteiger partial charge in [-0.1, -0.05) is 30.3 Å². The molecular formula is C27H32N2O6. The second-order valence-corrected chi connectivity index (χ2v) is 9.45. The summed E-state index contributed by atoms with van der Waals surface area (Å²) in [5, 5.41) is 3.70. The maximum Gasteiger partial charge on any atom is 0.294 e. The molecule has 1 aromatic heterocycles. The van der Waals surface area contributed by atoms with Crippen molar-refractivity contribution in [2.24, 2.45) is 0 Å². The van der Waals surface area contributed by atoms with Crippen LogP contribution in [0.1, 0.15) is 43.7 Å². The minimum atomic E-state index is -1.29. The van der Waals surface area contributed by atoms with Gasteiger partial charge in [-0.2, -0.15) is 0 Å². The van der Waals surface area contributed by atoms with Gasteiger partial charge in [0.2, 0.25) is 11.7 Å². The van der Waals surface area contributed by atoms with Gasteiger partial charge in [0.25, 0.3) is 5.91 Å². The Morgan fingerprint density at radius 2 is 1.89 bits per heavy atom. The minimum Gasteiger partial charge on any atom is -0.496 e. The maximum atomic E-state index is 13.9. The van der Waals surface area contributed by atoms with E-state index in [0.717, 1.165) is 24.8 Å². The molecule has 35 heavy (non-hydrogen) atoms. The summed E-state index contributed by atoms with van der Waals surface area (Å²) in [6.45, 7) is 2.23. The number of benzene rings is 2. The van der Waals surface area contributed by atoms with Crippen molar-refractivity contribution in [1.82, 2.24) is 10.2 Å². The zero-order valence-corrected chi connectivity index (χ0v) is 20.3. The zero-order chi connectivity index (χ0) is 24.6. The van der Waals surface area contributed by atoms with Gasteiger partial charge in [-0.25, -0.2) is 0 Å². The Kier molecular flexibility index (Phi) is 5.92. The molecule has 2 amide bonds. The van der Waals surface area contributed by atoms with Crippen molar-refractivity contribution in [3.63, 3.8) is 0 Å². The van der Waals surface area contributed by atoms with Crippen LogP contribution in [0.3, 0.4) is 0 Å². The third kappa shape index (κ3) is 3.91. The first kappa shape index (κ1) is 23.2. The van der Waals surface area contributed by atoms with Crippen molar-refractivity contribution in [3.05, 3.63) is 59.9 Å². The number of rotatable bonds is 7. The van der Waals surface area contributed by atoms with Crippen LogP contribution < -0.4 is 14.8 Å². The lowest BCUT2D eigenvalue weighted by molar-refractivity contribution is -0.139. The Labute approximate surface area is 205 Å². The molecule has 186 valence electrons. The van der Waals surface area contributed by atoms with Crippen LogP contribution in [0.15, 0.2) is 52.9 Å².